The molecule has 0 spiro atoms. The molecule has 1 unspecified atom stereocenters. The van der Waals surface area contributed by atoms with Crippen molar-refractivity contribution in [3.63, 3.8) is 0 Å². The number of nitrogens with zero attached hydrogens (tertiary/aromatic N) is 3. The van der Waals surface area contributed by atoms with E-state index in [1.54, 1.807) is 18.4 Å². The summed E-state index contributed by atoms with van der Waals surface area (Å²) < 4.78 is 5.30. The minimum absolute atomic E-state index is 0.0734. The molecule has 3 rings (SSSR count). The molecule has 0 aromatic carbocycles. The average molecular weight is 318 g/mol. The summed E-state index contributed by atoms with van der Waals surface area (Å²) in [5, 5.41) is 16.3. The van der Waals surface area contributed by atoms with Crippen LogP contribution in [0, 0.1) is 0 Å². The van der Waals surface area contributed by atoms with Gasteiger partial charge in [0.15, 0.2) is 11.5 Å². The number of aromatic nitrogens is 2. The molecule has 124 valence electrons. The van der Waals surface area contributed by atoms with Gasteiger partial charge in [0.05, 0.1) is 12.9 Å². The van der Waals surface area contributed by atoms with Crippen LogP contribution in [0.3, 0.4) is 0 Å². The quantitative estimate of drug-likeness (QED) is 0.865. The van der Waals surface area contributed by atoms with Crippen LogP contribution in [0.5, 0.6) is 0 Å². The van der Waals surface area contributed by atoms with Crippen LogP contribution < -0.4 is 0 Å². The summed E-state index contributed by atoms with van der Waals surface area (Å²) in [6.07, 6.45) is 2.50. The Morgan fingerprint density at radius 3 is 2.83 bits per heavy atom. The van der Waals surface area contributed by atoms with Crippen molar-refractivity contribution >= 4 is 5.91 Å². The lowest BCUT2D eigenvalue weighted by Gasteiger charge is -2.38. The molecule has 7 nitrogen and oxygen atoms in total. The number of amides is 1. The van der Waals surface area contributed by atoms with E-state index in [0.29, 0.717) is 30.2 Å². The first-order valence-corrected chi connectivity index (χ1v) is 7.96. The number of aromatic amines is 1. The highest BCUT2D eigenvalue weighted by atomic mass is 16.3. The maximum absolute atomic E-state index is 12.5. The van der Waals surface area contributed by atoms with Gasteiger partial charge < -0.3 is 14.4 Å². The van der Waals surface area contributed by atoms with Crippen molar-refractivity contribution in [2.75, 3.05) is 32.8 Å². The van der Waals surface area contributed by atoms with Crippen LogP contribution >= 0.6 is 0 Å². The van der Waals surface area contributed by atoms with Gasteiger partial charge in [0.1, 0.15) is 5.69 Å². The van der Waals surface area contributed by atoms with Gasteiger partial charge in [0.2, 0.25) is 0 Å². The Morgan fingerprint density at radius 2 is 2.22 bits per heavy atom. The molecule has 1 aliphatic heterocycles. The van der Waals surface area contributed by atoms with Crippen molar-refractivity contribution < 1.29 is 14.3 Å². The van der Waals surface area contributed by atoms with Crippen LogP contribution in [0.2, 0.25) is 0 Å². The number of furan rings is 1. The van der Waals surface area contributed by atoms with Crippen molar-refractivity contribution in [2.24, 2.45) is 0 Å². The largest absolute Gasteiger partial charge is 0.463 e. The molecular weight excluding hydrogens is 296 g/mol. The second-order valence-electron chi connectivity index (χ2n) is 5.72. The summed E-state index contributed by atoms with van der Waals surface area (Å²) in [7, 11) is 0. The van der Waals surface area contributed by atoms with E-state index in [0.717, 1.165) is 19.5 Å². The number of piperazine rings is 1. The van der Waals surface area contributed by atoms with Gasteiger partial charge in [-0.25, -0.2) is 0 Å². The Morgan fingerprint density at radius 1 is 1.43 bits per heavy atom. The van der Waals surface area contributed by atoms with E-state index >= 15 is 0 Å². The second kappa shape index (κ2) is 6.97. The van der Waals surface area contributed by atoms with Crippen LogP contribution in [0.1, 0.15) is 23.8 Å². The van der Waals surface area contributed by atoms with Crippen LogP contribution in [0.4, 0.5) is 0 Å². The van der Waals surface area contributed by atoms with Crippen LogP contribution in [-0.2, 0) is 0 Å². The van der Waals surface area contributed by atoms with Crippen molar-refractivity contribution in [1.29, 1.82) is 0 Å². The maximum atomic E-state index is 12.5. The summed E-state index contributed by atoms with van der Waals surface area (Å²) in [4.78, 5) is 16.6. The highest BCUT2D eigenvalue weighted by molar-refractivity contribution is 5.93. The molecule has 1 saturated heterocycles. The van der Waals surface area contributed by atoms with Crippen LogP contribution in [0.15, 0.2) is 28.9 Å². The van der Waals surface area contributed by atoms with E-state index in [4.69, 9.17) is 4.42 Å². The lowest BCUT2D eigenvalue weighted by Crippen LogP contribution is -2.52. The number of hydrogen-bond acceptors (Lipinski definition) is 5. The molecule has 1 aliphatic rings. The van der Waals surface area contributed by atoms with Crippen molar-refractivity contribution in [2.45, 2.75) is 19.4 Å². The zero-order chi connectivity index (χ0) is 16.2. The smallest absolute Gasteiger partial charge is 0.274 e. The molecule has 2 N–H and O–H groups in total. The number of nitrogens with one attached hydrogen (secondary N) is 1. The van der Waals surface area contributed by atoms with Gasteiger partial charge in [-0.3, -0.25) is 14.8 Å². The number of rotatable bonds is 5. The lowest BCUT2D eigenvalue weighted by molar-refractivity contribution is 0.0468. The molecule has 0 bridgehead atoms. The Balaban J connectivity index is 1.62. The normalized spacial score (nSPS) is 17.4. The molecule has 0 aliphatic carbocycles. The standard InChI is InChI=1S/C16H22N4O3/c1-2-12(11-21)19-5-7-20(8-6-19)16(22)14-10-13(17-18-14)15-4-3-9-23-15/h3-4,9-10,12,21H,2,5-8,11H2,1H3,(H,17,18). The fourth-order valence-corrected chi connectivity index (χ4v) is 2.94. The third-order valence-electron chi connectivity index (χ3n) is 4.38. The molecule has 0 saturated carbocycles. The fraction of sp³-hybridized carbons (Fsp3) is 0.500. The van der Waals surface area contributed by atoms with Crippen LogP contribution in [-0.4, -0.2) is 69.8 Å². The van der Waals surface area contributed by atoms with Crippen molar-refractivity contribution in [3.05, 3.63) is 30.2 Å². The Bertz CT molecular complexity index is 626. The first kappa shape index (κ1) is 15.8. The highest BCUT2D eigenvalue weighted by Crippen LogP contribution is 2.19. The maximum Gasteiger partial charge on any atom is 0.274 e. The molecule has 1 fully saturated rings. The average Bonchev–Trinajstić information content (AvgIpc) is 3.27. The molecule has 2 aromatic heterocycles. The molecule has 0 radical (unpaired) electrons. The van der Waals surface area contributed by atoms with Gasteiger partial charge in [0, 0.05) is 38.3 Å². The molecule has 3 heterocycles. The van der Waals surface area contributed by atoms with Gasteiger partial charge in [-0.2, -0.15) is 5.10 Å². The summed E-state index contributed by atoms with van der Waals surface area (Å²) in [5.74, 6) is 0.589. The minimum atomic E-state index is -0.0734. The summed E-state index contributed by atoms with van der Waals surface area (Å²) in [6.45, 7) is 5.09. The van der Waals surface area contributed by atoms with Gasteiger partial charge >= 0.3 is 0 Å². The zero-order valence-electron chi connectivity index (χ0n) is 13.2. The fourth-order valence-electron chi connectivity index (χ4n) is 2.94. The van der Waals surface area contributed by atoms with Gasteiger partial charge in [0.25, 0.3) is 5.91 Å². The Hall–Kier alpha value is -2.12. The van der Waals surface area contributed by atoms with E-state index < -0.39 is 0 Å². The number of carbonyl (C=O) groups is 1. The van der Waals surface area contributed by atoms with Crippen LogP contribution in [0.25, 0.3) is 11.5 Å². The second-order valence-corrected chi connectivity index (χ2v) is 5.72. The predicted molar refractivity (Wildman–Crippen MR) is 84.9 cm³/mol. The first-order chi connectivity index (χ1) is 11.2. The zero-order valence-corrected chi connectivity index (χ0v) is 13.2. The highest BCUT2D eigenvalue weighted by Gasteiger charge is 2.26. The number of aliphatic hydroxyl groups excluding tert-OH is 1. The molecule has 2 aromatic rings. The number of carbonyl (C=O) groups excluding carboxylic acids is 1. The predicted octanol–water partition coefficient (Wildman–Crippen LogP) is 1.20. The molecule has 23 heavy (non-hydrogen) atoms. The van der Waals surface area contributed by atoms with Gasteiger partial charge in [-0.05, 0) is 18.6 Å². The van der Waals surface area contributed by atoms with E-state index in [9.17, 15) is 9.90 Å². The third-order valence-corrected chi connectivity index (χ3v) is 4.38. The molecule has 1 amide bonds. The number of aliphatic hydroxyl groups is 1. The summed E-state index contributed by atoms with van der Waals surface area (Å²) in [6, 6.07) is 5.52. The first-order valence-electron chi connectivity index (χ1n) is 7.96. The van der Waals surface area contributed by atoms with Gasteiger partial charge in [-0.15, -0.1) is 0 Å². The lowest BCUT2D eigenvalue weighted by atomic mass is 10.1. The summed E-state index contributed by atoms with van der Waals surface area (Å²) >= 11 is 0. The topological polar surface area (TPSA) is 85.6 Å². The number of hydrogen-bond donors (Lipinski definition) is 2. The van der Waals surface area contributed by atoms with Gasteiger partial charge in [-0.1, -0.05) is 6.92 Å². The SMILES string of the molecule is CCC(CO)N1CCN(C(=O)c2cc(-c3ccco3)[nH]n2)CC1. The molecule has 1 atom stereocenters. The van der Waals surface area contributed by atoms with Crippen molar-refractivity contribution in [1.82, 2.24) is 20.0 Å². The Labute approximate surface area is 134 Å². The monoisotopic (exact) mass is 318 g/mol. The van der Waals surface area contributed by atoms with E-state index in [1.807, 2.05) is 11.0 Å². The molecular formula is C16H22N4O3. The Kier molecular flexibility index (Phi) is 4.78. The van der Waals surface area contributed by atoms with E-state index in [1.165, 1.54) is 0 Å². The van der Waals surface area contributed by atoms with E-state index in [2.05, 4.69) is 22.0 Å². The minimum Gasteiger partial charge on any atom is -0.463 e. The number of H-pyrrole nitrogens is 1. The summed E-state index contributed by atoms with van der Waals surface area (Å²) in [5.41, 5.74) is 1.10. The molecule has 7 heteroatoms. The third kappa shape index (κ3) is 3.30. The van der Waals surface area contributed by atoms with E-state index in [-0.39, 0.29) is 18.6 Å². The van der Waals surface area contributed by atoms with Crippen molar-refractivity contribution in [3.8, 4) is 11.5 Å².